The molecule has 0 fully saturated rings. The van der Waals surface area contributed by atoms with Gasteiger partial charge >= 0.3 is 12.0 Å². The highest BCUT2D eigenvalue weighted by Gasteiger charge is 2.06. The van der Waals surface area contributed by atoms with Crippen molar-refractivity contribution in [2.75, 3.05) is 6.61 Å². The number of nitrogens with two attached hydrogens (primary N) is 3. The summed E-state index contributed by atoms with van der Waals surface area (Å²) in [4.78, 5) is 18.6. The minimum absolute atomic E-state index is 0.505. The van der Waals surface area contributed by atoms with Gasteiger partial charge in [0.1, 0.15) is 6.04 Å². The van der Waals surface area contributed by atoms with Crippen molar-refractivity contribution in [3.8, 4) is 0 Å². The highest BCUT2D eigenvalue weighted by Crippen LogP contribution is 1.71. The quantitative estimate of drug-likeness (QED) is 0.304. The van der Waals surface area contributed by atoms with Crippen molar-refractivity contribution in [2.45, 2.75) is 6.04 Å². The first-order chi connectivity index (χ1) is 4.91. The number of carbonyl (C=O) groups is 2. The summed E-state index contributed by atoms with van der Waals surface area (Å²) in [5.41, 5.74) is 13.3. The first kappa shape index (κ1) is 12.3. The molecule has 1 unspecified atom stereocenters. The highest BCUT2D eigenvalue weighted by molar-refractivity contribution is 5.73. The van der Waals surface area contributed by atoms with E-state index < -0.39 is 24.6 Å². The lowest BCUT2D eigenvalue weighted by Gasteiger charge is -1.96. The first-order valence-electron chi connectivity index (χ1n) is 2.56. The van der Waals surface area contributed by atoms with Gasteiger partial charge in [-0.1, -0.05) is 0 Å². The van der Waals surface area contributed by atoms with Gasteiger partial charge in [-0.3, -0.25) is 4.79 Å². The minimum atomic E-state index is -1.18. The molecule has 2 amide bonds. The summed E-state index contributed by atoms with van der Waals surface area (Å²) >= 11 is 0. The largest absolute Gasteiger partial charge is 0.480 e. The zero-order valence-electron chi connectivity index (χ0n) is 5.73. The number of carboxylic acids is 1. The highest BCUT2D eigenvalue weighted by atomic mass is 16.4. The van der Waals surface area contributed by atoms with Crippen LogP contribution in [0, 0.1) is 0 Å². The maximum Gasteiger partial charge on any atom is 0.322 e. The Morgan fingerprint density at radius 1 is 1.36 bits per heavy atom. The van der Waals surface area contributed by atoms with Crippen molar-refractivity contribution in [2.24, 2.45) is 17.2 Å². The molecule has 0 radical (unpaired) electrons. The van der Waals surface area contributed by atoms with Crippen LogP contribution >= 0.6 is 0 Å². The monoisotopic (exact) mass is 165 g/mol. The number of hydrogen-bond acceptors (Lipinski definition) is 4. The number of primary amides is 2. The van der Waals surface area contributed by atoms with E-state index in [1.54, 1.807) is 0 Å². The van der Waals surface area contributed by atoms with Gasteiger partial charge in [-0.15, -0.1) is 0 Å². The van der Waals surface area contributed by atoms with Crippen LogP contribution < -0.4 is 17.2 Å². The Morgan fingerprint density at radius 3 is 1.64 bits per heavy atom. The number of carboxylic acid groups (broad SMARTS) is 1. The van der Waals surface area contributed by atoms with Crippen LogP contribution in [-0.2, 0) is 4.79 Å². The third kappa shape index (κ3) is 17.7. The lowest BCUT2D eigenvalue weighted by Crippen LogP contribution is -2.33. The standard InChI is InChI=1S/C3H7NO3.CH4N2O/c4-2(1-5)3(6)7;2-1(3)4/h2,5H,1,4H2,(H,6,7);(H4,2,3,4). The number of aliphatic hydroxyl groups excluding tert-OH is 1. The smallest absolute Gasteiger partial charge is 0.322 e. The van der Waals surface area contributed by atoms with Crippen molar-refractivity contribution in [1.29, 1.82) is 0 Å². The molecular formula is C4H11N3O4. The molecule has 0 saturated carbocycles. The van der Waals surface area contributed by atoms with Crippen molar-refractivity contribution < 1.29 is 19.8 Å². The molecule has 0 saturated heterocycles. The summed E-state index contributed by atoms with van der Waals surface area (Å²) < 4.78 is 0. The summed E-state index contributed by atoms with van der Waals surface area (Å²) in [5, 5.41) is 15.9. The van der Waals surface area contributed by atoms with E-state index in [1.165, 1.54) is 0 Å². The topological polar surface area (TPSA) is 153 Å². The number of aliphatic carboxylic acids is 1. The van der Waals surface area contributed by atoms with Crippen LogP contribution in [-0.4, -0.2) is 34.9 Å². The number of rotatable bonds is 2. The average Bonchev–Trinajstić information content (AvgIpc) is 1.85. The molecule has 0 aromatic carbocycles. The summed E-state index contributed by atoms with van der Waals surface area (Å²) in [6, 6.07) is -1.96. The van der Waals surface area contributed by atoms with E-state index >= 15 is 0 Å². The molecule has 66 valence electrons. The van der Waals surface area contributed by atoms with E-state index in [2.05, 4.69) is 11.5 Å². The molecule has 0 heterocycles. The first-order valence-corrected chi connectivity index (χ1v) is 2.56. The Hall–Kier alpha value is -1.34. The third-order valence-electron chi connectivity index (χ3n) is 0.514. The molecule has 0 bridgehead atoms. The van der Waals surface area contributed by atoms with E-state index in [4.69, 9.17) is 20.7 Å². The summed E-state index contributed by atoms with van der Waals surface area (Å²) in [5.74, 6) is -1.18. The van der Waals surface area contributed by atoms with Gasteiger partial charge < -0.3 is 27.4 Å². The SMILES string of the molecule is NC(CO)C(=O)O.NC(N)=O. The van der Waals surface area contributed by atoms with Gasteiger partial charge in [-0.25, -0.2) is 4.79 Å². The fourth-order valence-corrected chi connectivity index (χ4v) is 0.0781. The Labute approximate surface area is 62.8 Å². The molecule has 1 atom stereocenters. The summed E-state index contributed by atoms with van der Waals surface area (Å²) in [6.07, 6.45) is 0. The van der Waals surface area contributed by atoms with Crippen LogP contribution in [0.4, 0.5) is 4.79 Å². The molecule has 0 aromatic heterocycles. The van der Waals surface area contributed by atoms with Gasteiger partial charge in [0, 0.05) is 0 Å². The number of carbonyl (C=O) groups excluding carboxylic acids is 1. The molecular weight excluding hydrogens is 154 g/mol. The van der Waals surface area contributed by atoms with Gasteiger partial charge in [0.2, 0.25) is 0 Å². The molecule has 0 aliphatic rings. The Kier molecular flexibility index (Phi) is 7.61. The van der Waals surface area contributed by atoms with E-state index in [0.717, 1.165) is 0 Å². The molecule has 7 heteroatoms. The van der Waals surface area contributed by atoms with Crippen LogP contribution in [0.25, 0.3) is 0 Å². The maximum atomic E-state index is 9.65. The fraction of sp³-hybridized carbons (Fsp3) is 0.500. The molecule has 7 nitrogen and oxygen atoms in total. The molecule has 11 heavy (non-hydrogen) atoms. The fourth-order valence-electron chi connectivity index (χ4n) is 0.0781. The maximum absolute atomic E-state index is 9.65. The van der Waals surface area contributed by atoms with Crippen LogP contribution in [0.15, 0.2) is 0 Å². The third-order valence-corrected chi connectivity index (χ3v) is 0.514. The molecule has 0 aliphatic heterocycles. The van der Waals surface area contributed by atoms with Crippen molar-refractivity contribution in [3.05, 3.63) is 0 Å². The van der Waals surface area contributed by atoms with Crippen LogP contribution in [0.1, 0.15) is 0 Å². The van der Waals surface area contributed by atoms with E-state index in [1.807, 2.05) is 0 Å². The van der Waals surface area contributed by atoms with E-state index in [9.17, 15) is 4.79 Å². The summed E-state index contributed by atoms with van der Waals surface area (Å²) in [6.45, 7) is -0.505. The van der Waals surface area contributed by atoms with Gasteiger partial charge in [0.05, 0.1) is 6.61 Å². The zero-order valence-corrected chi connectivity index (χ0v) is 5.73. The van der Waals surface area contributed by atoms with Gasteiger partial charge in [0.15, 0.2) is 0 Å². The number of aliphatic hydroxyl groups is 1. The van der Waals surface area contributed by atoms with E-state index in [-0.39, 0.29) is 0 Å². The van der Waals surface area contributed by atoms with Gasteiger partial charge in [-0.2, -0.15) is 0 Å². The van der Waals surface area contributed by atoms with Crippen LogP contribution in [0.2, 0.25) is 0 Å². The van der Waals surface area contributed by atoms with Gasteiger partial charge in [0.25, 0.3) is 0 Å². The van der Waals surface area contributed by atoms with Gasteiger partial charge in [-0.05, 0) is 0 Å². The second kappa shape index (κ2) is 6.78. The molecule has 0 aliphatic carbocycles. The average molecular weight is 165 g/mol. The van der Waals surface area contributed by atoms with Crippen LogP contribution in [0.5, 0.6) is 0 Å². The Balaban J connectivity index is 0. The number of hydrogen-bond donors (Lipinski definition) is 5. The minimum Gasteiger partial charge on any atom is -0.480 e. The van der Waals surface area contributed by atoms with Crippen molar-refractivity contribution in [3.63, 3.8) is 0 Å². The lowest BCUT2D eigenvalue weighted by molar-refractivity contribution is -0.139. The number of amides is 2. The molecule has 0 spiro atoms. The molecule has 0 rings (SSSR count). The zero-order chi connectivity index (χ0) is 9.44. The lowest BCUT2D eigenvalue weighted by atomic mass is 10.3. The second-order valence-electron chi connectivity index (χ2n) is 1.53. The van der Waals surface area contributed by atoms with Crippen molar-refractivity contribution >= 4 is 12.0 Å². The molecule has 0 aromatic rings. The Morgan fingerprint density at radius 2 is 1.64 bits per heavy atom. The second-order valence-corrected chi connectivity index (χ2v) is 1.53. The summed E-state index contributed by atoms with van der Waals surface area (Å²) in [7, 11) is 0. The Bertz CT molecular complexity index is 133. The predicted octanol–water partition coefficient (Wildman–Crippen LogP) is -2.59. The van der Waals surface area contributed by atoms with Crippen molar-refractivity contribution in [1.82, 2.24) is 0 Å². The predicted molar refractivity (Wildman–Crippen MR) is 36.5 cm³/mol. The molecule has 8 N–H and O–H groups in total. The number of urea groups is 1. The van der Waals surface area contributed by atoms with E-state index in [0.29, 0.717) is 0 Å². The normalized spacial score (nSPS) is 10.7. The van der Waals surface area contributed by atoms with Crippen LogP contribution in [0.3, 0.4) is 0 Å².